The molecule has 282 valence electrons. The number of pyridine rings is 2. The number of rotatable bonds is 7. The van der Waals surface area contributed by atoms with E-state index in [1.807, 2.05) is 18.5 Å². The Kier molecular flexibility index (Phi) is 9.96. The van der Waals surface area contributed by atoms with E-state index in [0.29, 0.717) is 0 Å². The third-order valence-electron chi connectivity index (χ3n) is 11.2. The minimum Gasteiger partial charge on any atom is -0.502 e. The molecule has 0 saturated heterocycles. The Bertz CT molecular complexity index is 2800. The number of ether oxygens (including phenoxy) is 2. The molecule has 6 heteroatoms. The number of nitrogens with zero attached hydrogens (tertiary/aromatic N) is 2. The van der Waals surface area contributed by atoms with Crippen LogP contribution in [0.1, 0.15) is 50.7 Å². The molecular formula is C52H39BN2O2Pt. The Hall–Kier alpha value is -6.03. The van der Waals surface area contributed by atoms with Crippen LogP contribution in [0.25, 0.3) is 55.9 Å². The second-order valence-corrected chi connectivity index (χ2v) is 15.5. The molecule has 6 aromatic carbocycles. The molecule has 2 aromatic heterocycles. The van der Waals surface area contributed by atoms with Crippen molar-refractivity contribution in [2.45, 2.75) is 39.5 Å². The molecule has 0 aliphatic carbocycles. The van der Waals surface area contributed by atoms with E-state index in [2.05, 4.69) is 173 Å². The van der Waals surface area contributed by atoms with Gasteiger partial charge in [0.25, 0.3) is 0 Å². The van der Waals surface area contributed by atoms with E-state index in [9.17, 15) is 0 Å². The molecule has 2 aliphatic rings. The summed E-state index contributed by atoms with van der Waals surface area (Å²) in [5.74, 6) is 3.78. The fourth-order valence-electron chi connectivity index (χ4n) is 8.35. The number of fused-ring (bicyclic) bond motifs is 4. The monoisotopic (exact) mass is 929 g/mol. The summed E-state index contributed by atoms with van der Waals surface area (Å²) in [7, 11) is 0. The average molecular weight is 930 g/mol. The third-order valence-corrected chi connectivity index (χ3v) is 11.2. The second-order valence-electron chi connectivity index (χ2n) is 15.5. The van der Waals surface area contributed by atoms with E-state index in [1.165, 1.54) is 22.3 Å². The molecule has 0 N–H and O–H groups in total. The maximum Gasteiger partial charge on any atom is 2.00 e. The Morgan fingerprint density at radius 3 is 1.48 bits per heavy atom. The van der Waals surface area contributed by atoms with Gasteiger partial charge in [0.1, 0.15) is 11.5 Å². The van der Waals surface area contributed by atoms with E-state index >= 15 is 0 Å². The van der Waals surface area contributed by atoms with Crippen LogP contribution in [0.4, 0.5) is 0 Å². The van der Waals surface area contributed by atoms with Crippen molar-refractivity contribution in [2.75, 3.05) is 0 Å². The van der Waals surface area contributed by atoms with Gasteiger partial charge in [-0.15, -0.1) is 58.5 Å². The van der Waals surface area contributed by atoms with Gasteiger partial charge in [0.2, 0.25) is 6.71 Å². The van der Waals surface area contributed by atoms with Gasteiger partial charge >= 0.3 is 21.1 Å². The minimum atomic E-state index is -0.238. The summed E-state index contributed by atoms with van der Waals surface area (Å²) in [5, 5.41) is 0. The molecule has 2 aliphatic heterocycles. The van der Waals surface area contributed by atoms with Gasteiger partial charge in [0.05, 0.1) is 0 Å². The van der Waals surface area contributed by atoms with Crippen molar-refractivity contribution >= 4 is 23.1 Å². The fourth-order valence-corrected chi connectivity index (χ4v) is 8.35. The first kappa shape index (κ1) is 37.5. The molecule has 8 aromatic rings. The zero-order valence-corrected chi connectivity index (χ0v) is 35.0. The van der Waals surface area contributed by atoms with Gasteiger partial charge in [-0.25, -0.2) is 0 Å². The number of hydrogen-bond donors (Lipinski definition) is 0. The summed E-state index contributed by atoms with van der Waals surface area (Å²) in [6.45, 7) is 8.68. The molecule has 0 fully saturated rings. The Labute approximate surface area is 355 Å². The van der Waals surface area contributed by atoms with Crippen LogP contribution >= 0.6 is 0 Å². The molecule has 0 bridgehead atoms. The molecule has 4 heterocycles. The zero-order chi connectivity index (χ0) is 38.6. The summed E-state index contributed by atoms with van der Waals surface area (Å²) >= 11 is 0. The van der Waals surface area contributed by atoms with Gasteiger partial charge in [-0.3, -0.25) is 0 Å². The molecule has 0 radical (unpaired) electrons. The van der Waals surface area contributed by atoms with Crippen molar-refractivity contribution in [3.63, 3.8) is 0 Å². The number of benzene rings is 6. The first-order valence-corrected chi connectivity index (χ1v) is 19.7. The predicted octanol–water partition coefficient (Wildman–Crippen LogP) is 11.4. The Balaban J connectivity index is 0.00000436. The largest absolute Gasteiger partial charge is 2.00 e. The third kappa shape index (κ3) is 6.58. The predicted molar refractivity (Wildman–Crippen MR) is 233 cm³/mol. The van der Waals surface area contributed by atoms with Crippen LogP contribution in [-0.4, -0.2) is 16.7 Å². The van der Waals surface area contributed by atoms with Gasteiger partial charge in [-0.1, -0.05) is 125 Å². The maximum atomic E-state index is 6.94. The molecule has 0 amide bonds. The van der Waals surface area contributed by atoms with Gasteiger partial charge in [-0.05, 0) is 85.9 Å². The second kappa shape index (κ2) is 15.4. The van der Waals surface area contributed by atoms with Crippen molar-refractivity contribution in [1.82, 2.24) is 9.97 Å². The average Bonchev–Trinajstić information content (AvgIpc) is 3.26. The van der Waals surface area contributed by atoms with Crippen LogP contribution in [0.2, 0.25) is 0 Å². The summed E-state index contributed by atoms with van der Waals surface area (Å²) < 4.78 is 13.9. The summed E-state index contributed by atoms with van der Waals surface area (Å²) in [6.07, 6.45) is 3.77. The van der Waals surface area contributed by atoms with Crippen LogP contribution in [0.15, 0.2) is 152 Å². The van der Waals surface area contributed by atoms with Gasteiger partial charge < -0.3 is 19.4 Å². The van der Waals surface area contributed by atoms with Crippen molar-refractivity contribution in [3.05, 3.63) is 175 Å². The Morgan fingerprint density at radius 1 is 0.483 bits per heavy atom. The van der Waals surface area contributed by atoms with E-state index in [1.54, 1.807) is 0 Å². The fraction of sp³-hybridized carbons (Fsp3) is 0.115. The molecule has 58 heavy (non-hydrogen) atoms. The SMILES string of the molecule is CC(C)c1cc(C(C)C)c2c3c1Oc1ccc(-c4cc(-c5ccccc5)ccn4)[c-]c1B3c1[c-]c(-c3cc(-c4ccccc4-c4ccccc4)ccn3)ccc1O2.[Pt+2]. The first-order chi connectivity index (χ1) is 27.9. The van der Waals surface area contributed by atoms with Crippen LogP contribution < -0.4 is 25.9 Å². The molecule has 10 rings (SSSR count). The van der Waals surface area contributed by atoms with Crippen LogP contribution in [0.3, 0.4) is 0 Å². The standard InChI is InChI=1S/C52H39BN2O2.Pt/c1-32(2)42-31-43(33(3)4)52-50-51(42)56-48-21-19-38(46-29-36(23-25-54-46)34-13-7-5-8-14-34)27-44(48)53(50)45-28-39(20-22-49(45)57-52)47-30-37(24-26-55-47)41-18-12-11-17-40(41)35-15-9-6-10-16-35;/h5-26,29-33H,1-4H3;/q-2;+2. The molecular weight excluding hydrogens is 890 g/mol. The van der Waals surface area contributed by atoms with E-state index in [4.69, 9.17) is 19.4 Å². The van der Waals surface area contributed by atoms with Crippen molar-refractivity contribution < 1.29 is 30.5 Å². The number of aromatic nitrogens is 2. The topological polar surface area (TPSA) is 44.2 Å². The molecule has 0 spiro atoms. The van der Waals surface area contributed by atoms with Crippen LogP contribution in [0.5, 0.6) is 23.0 Å². The van der Waals surface area contributed by atoms with Gasteiger partial charge in [-0.2, -0.15) is 0 Å². The summed E-state index contributed by atoms with van der Waals surface area (Å²) in [5.41, 5.74) is 15.6. The van der Waals surface area contributed by atoms with E-state index in [-0.39, 0.29) is 39.6 Å². The van der Waals surface area contributed by atoms with Gasteiger partial charge in [0.15, 0.2) is 0 Å². The Morgan fingerprint density at radius 2 is 0.948 bits per heavy atom. The maximum absolute atomic E-state index is 6.94. The van der Waals surface area contributed by atoms with Crippen molar-refractivity contribution in [2.24, 2.45) is 0 Å². The quantitative estimate of drug-likeness (QED) is 0.118. The summed E-state index contributed by atoms with van der Waals surface area (Å²) in [6, 6.07) is 56.2. The zero-order valence-electron chi connectivity index (χ0n) is 32.7. The smallest absolute Gasteiger partial charge is 0.502 e. The van der Waals surface area contributed by atoms with Crippen molar-refractivity contribution in [1.29, 1.82) is 0 Å². The van der Waals surface area contributed by atoms with E-state index in [0.717, 1.165) is 84.2 Å². The molecule has 4 nitrogen and oxygen atoms in total. The molecule has 0 unspecified atom stereocenters. The minimum absolute atomic E-state index is 0. The van der Waals surface area contributed by atoms with Crippen LogP contribution in [-0.2, 0) is 21.1 Å². The summed E-state index contributed by atoms with van der Waals surface area (Å²) in [4.78, 5) is 9.74. The van der Waals surface area contributed by atoms with Crippen molar-refractivity contribution in [3.8, 4) is 78.9 Å². The number of hydrogen-bond acceptors (Lipinski definition) is 4. The molecule has 0 atom stereocenters. The molecule has 0 saturated carbocycles. The first-order valence-electron chi connectivity index (χ1n) is 19.7. The van der Waals surface area contributed by atoms with E-state index < -0.39 is 0 Å². The normalized spacial score (nSPS) is 12.2. The van der Waals surface area contributed by atoms with Crippen LogP contribution in [0, 0.1) is 12.1 Å². The van der Waals surface area contributed by atoms with Gasteiger partial charge in [0, 0.05) is 29.4 Å².